The van der Waals surface area contributed by atoms with Gasteiger partial charge in [-0.1, -0.05) is 24.3 Å². The van der Waals surface area contributed by atoms with Crippen LogP contribution in [-0.4, -0.2) is 103 Å². The first-order valence-corrected chi connectivity index (χ1v) is 14.4. The number of methoxy groups -OCH3 is 1. The third-order valence-electron chi connectivity index (χ3n) is 7.86. The molecule has 0 bridgehead atoms. The summed E-state index contributed by atoms with van der Waals surface area (Å²) in [5, 5.41) is 16.3. The van der Waals surface area contributed by atoms with Gasteiger partial charge in [-0.15, -0.1) is 0 Å². The molecule has 45 heavy (non-hydrogen) atoms. The Kier molecular flexibility index (Phi) is 10.7. The van der Waals surface area contributed by atoms with Crippen LogP contribution in [0.1, 0.15) is 29.7 Å². The number of rotatable bonds is 11. The molecule has 4 rings (SSSR count). The highest BCUT2D eigenvalue weighted by atomic mass is 19.2. The molecule has 1 aromatic heterocycles. The summed E-state index contributed by atoms with van der Waals surface area (Å²) >= 11 is 0. The lowest BCUT2D eigenvalue weighted by Crippen LogP contribution is -2.49. The second-order valence-corrected chi connectivity index (χ2v) is 11.2. The number of nitrogens with zero attached hydrogens (tertiary/aromatic N) is 6. The molecule has 3 aromatic rings. The molecule has 13 heteroatoms. The number of hydrogen-bond donors (Lipinski definition) is 2. The number of hydrazone groups is 1. The van der Waals surface area contributed by atoms with Gasteiger partial charge in [0.2, 0.25) is 5.91 Å². The number of carbonyl (C=O) groups is 2. The first-order chi connectivity index (χ1) is 21.4. The van der Waals surface area contributed by atoms with Crippen molar-refractivity contribution in [1.29, 1.82) is 0 Å². The van der Waals surface area contributed by atoms with Gasteiger partial charge in [0.25, 0.3) is 0 Å². The van der Waals surface area contributed by atoms with Crippen molar-refractivity contribution in [3.8, 4) is 5.69 Å². The molecule has 2 heterocycles. The van der Waals surface area contributed by atoms with E-state index in [0.29, 0.717) is 23.6 Å². The molecule has 3 atom stereocenters. The van der Waals surface area contributed by atoms with Crippen molar-refractivity contribution in [3.63, 3.8) is 0 Å². The van der Waals surface area contributed by atoms with Crippen molar-refractivity contribution >= 4 is 30.0 Å². The van der Waals surface area contributed by atoms with E-state index in [0.717, 1.165) is 29.0 Å². The number of allylic oxidation sites excluding steroid dienone is 1. The summed E-state index contributed by atoms with van der Waals surface area (Å²) in [4.78, 5) is 30.1. The fourth-order valence-electron chi connectivity index (χ4n) is 5.57. The van der Waals surface area contributed by atoms with Crippen LogP contribution in [0.15, 0.2) is 59.8 Å². The molecule has 3 amide bonds. The van der Waals surface area contributed by atoms with Crippen LogP contribution in [0.2, 0.25) is 0 Å². The maximum atomic E-state index is 14.3. The van der Waals surface area contributed by atoms with Gasteiger partial charge in [0.05, 0.1) is 24.0 Å². The van der Waals surface area contributed by atoms with Gasteiger partial charge in [-0.2, -0.15) is 10.2 Å². The number of ether oxygens (including phenoxy) is 1. The van der Waals surface area contributed by atoms with E-state index >= 15 is 0 Å². The highest BCUT2D eigenvalue weighted by molar-refractivity contribution is 5.91. The number of anilines is 1. The number of urea groups is 1. The Morgan fingerprint density at radius 2 is 1.87 bits per heavy atom. The van der Waals surface area contributed by atoms with Crippen LogP contribution in [0, 0.1) is 18.6 Å². The van der Waals surface area contributed by atoms with E-state index in [1.807, 2.05) is 49.1 Å². The molecule has 0 aliphatic carbocycles. The molecule has 2 aromatic carbocycles. The van der Waals surface area contributed by atoms with Crippen molar-refractivity contribution in [2.75, 3.05) is 53.3 Å². The predicted octanol–water partition coefficient (Wildman–Crippen LogP) is 4.06. The minimum absolute atomic E-state index is 0.127. The van der Waals surface area contributed by atoms with Crippen LogP contribution in [0.25, 0.3) is 11.3 Å². The van der Waals surface area contributed by atoms with Gasteiger partial charge in [-0.05, 0) is 49.2 Å². The Labute approximate surface area is 262 Å². The lowest BCUT2D eigenvalue weighted by atomic mass is 9.94. The number of hydrogen-bond acceptors (Lipinski definition) is 7. The van der Waals surface area contributed by atoms with E-state index in [1.54, 1.807) is 37.0 Å². The Morgan fingerprint density at radius 1 is 1.16 bits per heavy atom. The second-order valence-electron chi connectivity index (χ2n) is 11.2. The average Bonchev–Trinajstić information content (AvgIpc) is 3.57. The van der Waals surface area contributed by atoms with Crippen LogP contribution in [0.5, 0.6) is 0 Å². The zero-order chi connectivity index (χ0) is 32.8. The second kappa shape index (κ2) is 14.4. The predicted molar refractivity (Wildman–Crippen MR) is 170 cm³/mol. The van der Waals surface area contributed by atoms with Gasteiger partial charge in [-0.25, -0.2) is 18.3 Å². The van der Waals surface area contributed by atoms with Gasteiger partial charge in [0.15, 0.2) is 11.6 Å². The van der Waals surface area contributed by atoms with Crippen molar-refractivity contribution in [2.24, 2.45) is 5.10 Å². The van der Waals surface area contributed by atoms with E-state index < -0.39 is 35.7 Å². The summed E-state index contributed by atoms with van der Waals surface area (Å²) in [6.07, 6.45) is 1.78. The molecule has 0 radical (unpaired) electrons. The normalized spacial score (nSPS) is 17.6. The topological polar surface area (TPSA) is 107 Å². The number of carbonyl (C=O) groups excluding carboxylic acids is 2. The van der Waals surface area contributed by atoms with Crippen molar-refractivity contribution in [1.82, 2.24) is 29.9 Å². The number of aromatic nitrogens is 2. The molecular weight excluding hydrogens is 582 g/mol. The SMILES string of the molecule is C=NN(C)/C=C(\C)c1nn(-c2ccccc2)c(NC(=O)N[C@@H]2CN(C(COC)C(=O)N(C)C)C[C@H]2c2ccc(F)c(F)c2)c1C. The molecule has 0 saturated carbocycles. The standard InChI is InChI=1S/C32H40F2N8O3/c1-20(16-40(6)35-3)29-21(2)30(42(38-29)23-11-9-8-10-12-23)37-32(44)36-27-18-41(28(19-45-7)31(43)39(4)5)17-24(27)22-13-14-25(33)26(34)15-22/h8-16,24,27-28H,3,17-19H2,1-2,4-7H3,(H2,36,37,44)/b20-16+/t24-,27+,28?/m0/s1. The zero-order valence-electron chi connectivity index (χ0n) is 26.4. The van der Waals surface area contributed by atoms with Gasteiger partial charge < -0.3 is 15.0 Å². The summed E-state index contributed by atoms with van der Waals surface area (Å²) in [6.45, 7) is 8.00. The van der Waals surface area contributed by atoms with Crippen LogP contribution in [0.3, 0.4) is 0 Å². The molecule has 1 saturated heterocycles. The lowest BCUT2D eigenvalue weighted by molar-refractivity contribution is -0.136. The minimum Gasteiger partial charge on any atom is -0.383 e. The smallest absolute Gasteiger partial charge is 0.320 e. The first-order valence-electron chi connectivity index (χ1n) is 14.4. The number of amides is 3. The summed E-state index contributed by atoms with van der Waals surface area (Å²) in [5.41, 5.74) is 3.42. The van der Waals surface area contributed by atoms with E-state index in [9.17, 15) is 18.4 Å². The number of nitrogens with one attached hydrogen (secondary N) is 2. The fourth-order valence-corrected chi connectivity index (χ4v) is 5.57. The van der Waals surface area contributed by atoms with Crippen molar-refractivity contribution in [3.05, 3.63) is 83.2 Å². The van der Waals surface area contributed by atoms with Gasteiger partial charge in [0, 0.05) is 65.7 Å². The summed E-state index contributed by atoms with van der Waals surface area (Å²) < 4.78 is 35.2. The first kappa shape index (κ1) is 33.3. The van der Waals surface area contributed by atoms with Crippen LogP contribution in [-0.2, 0) is 9.53 Å². The largest absolute Gasteiger partial charge is 0.383 e. The molecule has 1 aliphatic rings. The Bertz CT molecular complexity index is 1560. The number of halogens is 2. The maximum Gasteiger partial charge on any atom is 0.320 e. The highest BCUT2D eigenvalue weighted by Gasteiger charge is 2.41. The zero-order valence-corrected chi connectivity index (χ0v) is 26.4. The molecule has 11 nitrogen and oxygen atoms in total. The molecule has 0 spiro atoms. The molecule has 1 aliphatic heterocycles. The van der Waals surface area contributed by atoms with Gasteiger partial charge in [-0.3, -0.25) is 20.0 Å². The number of likely N-dealkylation sites (N-methyl/N-ethyl adjacent to an activating group) is 1. The van der Waals surface area contributed by atoms with E-state index in [2.05, 4.69) is 22.5 Å². The molecule has 2 N–H and O–H groups in total. The van der Waals surface area contributed by atoms with Crippen LogP contribution < -0.4 is 10.6 Å². The van der Waals surface area contributed by atoms with Crippen LogP contribution >= 0.6 is 0 Å². The highest BCUT2D eigenvalue weighted by Crippen LogP contribution is 2.32. The molecular formula is C32H40F2N8O3. The quantitative estimate of drug-likeness (QED) is 0.247. The third-order valence-corrected chi connectivity index (χ3v) is 7.86. The number of benzene rings is 2. The summed E-state index contributed by atoms with van der Waals surface area (Å²) in [7, 11) is 6.58. The number of para-hydroxylation sites is 1. The fraction of sp³-hybridized carbons (Fsp3) is 0.375. The van der Waals surface area contributed by atoms with E-state index in [4.69, 9.17) is 9.84 Å². The summed E-state index contributed by atoms with van der Waals surface area (Å²) in [5.74, 6) is -2.10. The minimum atomic E-state index is -0.984. The number of likely N-dealkylation sites (tertiary alicyclic amines) is 1. The maximum absolute atomic E-state index is 14.3. The summed E-state index contributed by atoms with van der Waals surface area (Å²) in [6, 6.07) is 11.4. The average molecular weight is 623 g/mol. The van der Waals surface area contributed by atoms with Gasteiger partial charge in [0.1, 0.15) is 11.9 Å². The Balaban J connectivity index is 1.67. The molecule has 1 fully saturated rings. The lowest BCUT2D eigenvalue weighted by Gasteiger charge is -2.28. The Morgan fingerprint density at radius 3 is 2.49 bits per heavy atom. The van der Waals surface area contributed by atoms with Crippen molar-refractivity contribution < 1.29 is 23.1 Å². The van der Waals surface area contributed by atoms with Crippen molar-refractivity contribution in [2.45, 2.75) is 31.8 Å². The molecule has 240 valence electrons. The monoisotopic (exact) mass is 622 g/mol. The van der Waals surface area contributed by atoms with Gasteiger partial charge >= 0.3 is 6.03 Å². The Hall–Kier alpha value is -4.62. The van der Waals surface area contributed by atoms with E-state index in [-0.39, 0.29) is 19.1 Å². The third kappa shape index (κ3) is 7.55. The van der Waals surface area contributed by atoms with Crippen LogP contribution in [0.4, 0.5) is 19.4 Å². The van der Waals surface area contributed by atoms with E-state index in [1.165, 1.54) is 18.1 Å². The molecule has 1 unspecified atom stereocenters.